The van der Waals surface area contributed by atoms with Gasteiger partial charge in [-0.2, -0.15) is 11.8 Å². The Morgan fingerprint density at radius 3 is 2.77 bits per heavy atom. The van der Waals surface area contributed by atoms with E-state index in [1.807, 2.05) is 13.0 Å². The molecule has 0 unspecified atom stereocenters. The van der Waals surface area contributed by atoms with Gasteiger partial charge < -0.3 is 15.4 Å². The van der Waals surface area contributed by atoms with Crippen LogP contribution in [-0.4, -0.2) is 38.7 Å². The smallest absolute Gasteiger partial charge is 0.326 e. The number of hydrogen-bond donors (Lipinski definition) is 3. The molecule has 2 rings (SSSR count). The van der Waals surface area contributed by atoms with Crippen LogP contribution in [0.5, 0.6) is 0 Å². The third-order valence-electron chi connectivity index (χ3n) is 4.17. The van der Waals surface area contributed by atoms with Gasteiger partial charge in [0.15, 0.2) is 0 Å². The molecule has 0 bridgehead atoms. The van der Waals surface area contributed by atoms with E-state index in [4.69, 9.17) is 0 Å². The van der Waals surface area contributed by atoms with E-state index in [9.17, 15) is 19.5 Å². The molecule has 140 valence electrons. The van der Waals surface area contributed by atoms with Crippen LogP contribution in [0.1, 0.15) is 32.5 Å². The van der Waals surface area contributed by atoms with Crippen LogP contribution in [0.4, 0.5) is 0 Å². The van der Waals surface area contributed by atoms with Crippen LogP contribution in [0.15, 0.2) is 29.1 Å². The Balaban J connectivity index is 1.84. The Kier molecular flexibility index (Phi) is 7.20. The number of fused-ring (bicyclic) bond motifs is 1. The SMILES string of the molecule is CC[C@H](C)[C@H](NC(=O)CCSCc1nc2ccccc2c(=O)[nH]1)C(=O)O. The minimum absolute atomic E-state index is 0.129. The number of rotatable bonds is 9. The molecular formula is C18H23N3O4S. The molecule has 0 saturated heterocycles. The van der Waals surface area contributed by atoms with E-state index in [0.29, 0.717) is 34.7 Å². The number of benzene rings is 1. The third kappa shape index (κ3) is 5.32. The zero-order valence-corrected chi connectivity index (χ0v) is 15.6. The van der Waals surface area contributed by atoms with Gasteiger partial charge in [-0.05, 0) is 18.1 Å². The number of aromatic nitrogens is 2. The largest absolute Gasteiger partial charge is 0.480 e. The molecule has 1 heterocycles. The molecule has 0 fully saturated rings. The van der Waals surface area contributed by atoms with Crippen molar-refractivity contribution in [3.63, 3.8) is 0 Å². The Bertz CT molecular complexity index is 837. The lowest BCUT2D eigenvalue weighted by Crippen LogP contribution is -2.45. The van der Waals surface area contributed by atoms with Crippen molar-refractivity contribution in [3.05, 3.63) is 40.4 Å². The number of carboxylic acids is 1. The highest BCUT2D eigenvalue weighted by atomic mass is 32.2. The van der Waals surface area contributed by atoms with Crippen LogP contribution >= 0.6 is 11.8 Å². The molecule has 1 amide bonds. The number of aliphatic carboxylic acids is 1. The van der Waals surface area contributed by atoms with Crippen LogP contribution in [-0.2, 0) is 15.3 Å². The number of nitrogens with zero attached hydrogens (tertiary/aromatic N) is 1. The Labute approximate surface area is 155 Å². The quantitative estimate of drug-likeness (QED) is 0.577. The summed E-state index contributed by atoms with van der Waals surface area (Å²) in [6, 6.07) is 6.25. The first kappa shape index (κ1) is 20.0. The fourth-order valence-corrected chi connectivity index (χ4v) is 3.27. The molecule has 0 radical (unpaired) electrons. The maximum absolute atomic E-state index is 12.0. The van der Waals surface area contributed by atoms with Crippen LogP contribution in [0, 0.1) is 5.92 Å². The minimum Gasteiger partial charge on any atom is -0.480 e. The Morgan fingerprint density at radius 2 is 2.08 bits per heavy atom. The summed E-state index contributed by atoms with van der Waals surface area (Å²) >= 11 is 1.46. The number of para-hydroxylation sites is 1. The molecule has 3 N–H and O–H groups in total. The topological polar surface area (TPSA) is 112 Å². The van der Waals surface area contributed by atoms with Crippen molar-refractivity contribution in [3.8, 4) is 0 Å². The Hall–Kier alpha value is -2.35. The van der Waals surface area contributed by atoms with Gasteiger partial charge in [0.25, 0.3) is 5.56 Å². The van der Waals surface area contributed by atoms with E-state index in [-0.39, 0.29) is 23.8 Å². The summed E-state index contributed by atoms with van der Waals surface area (Å²) in [6.07, 6.45) is 0.885. The summed E-state index contributed by atoms with van der Waals surface area (Å²) in [6.45, 7) is 3.69. The van der Waals surface area contributed by atoms with E-state index in [1.54, 1.807) is 25.1 Å². The molecule has 26 heavy (non-hydrogen) atoms. The lowest BCUT2D eigenvalue weighted by Gasteiger charge is -2.20. The van der Waals surface area contributed by atoms with Crippen molar-refractivity contribution < 1.29 is 14.7 Å². The normalized spacial score (nSPS) is 13.3. The summed E-state index contributed by atoms with van der Waals surface area (Å²) < 4.78 is 0. The highest BCUT2D eigenvalue weighted by Gasteiger charge is 2.24. The predicted octanol–water partition coefficient (Wildman–Crippen LogP) is 2.16. The second kappa shape index (κ2) is 9.38. The fourth-order valence-electron chi connectivity index (χ4n) is 2.47. The molecule has 0 aliphatic rings. The van der Waals surface area contributed by atoms with E-state index < -0.39 is 12.0 Å². The van der Waals surface area contributed by atoms with Crippen molar-refractivity contribution in [2.24, 2.45) is 5.92 Å². The van der Waals surface area contributed by atoms with Gasteiger partial charge in [-0.25, -0.2) is 9.78 Å². The number of carbonyl (C=O) groups excluding carboxylic acids is 1. The molecule has 7 nitrogen and oxygen atoms in total. The molecule has 0 saturated carbocycles. The van der Waals surface area contributed by atoms with Gasteiger partial charge in [-0.15, -0.1) is 0 Å². The Morgan fingerprint density at radius 1 is 1.35 bits per heavy atom. The highest BCUT2D eigenvalue weighted by molar-refractivity contribution is 7.98. The number of thioether (sulfide) groups is 1. The molecule has 2 atom stereocenters. The monoisotopic (exact) mass is 377 g/mol. The fraction of sp³-hybridized carbons (Fsp3) is 0.444. The van der Waals surface area contributed by atoms with Crippen LogP contribution in [0.3, 0.4) is 0 Å². The van der Waals surface area contributed by atoms with Gasteiger partial charge in [0.2, 0.25) is 5.91 Å². The van der Waals surface area contributed by atoms with Crippen molar-refractivity contribution >= 4 is 34.5 Å². The molecule has 0 aliphatic carbocycles. The molecular weight excluding hydrogens is 354 g/mol. The van der Waals surface area contributed by atoms with Gasteiger partial charge >= 0.3 is 5.97 Å². The lowest BCUT2D eigenvalue weighted by molar-refractivity contribution is -0.143. The van der Waals surface area contributed by atoms with Crippen molar-refractivity contribution in [1.29, 1.82) is 0 Å². The number of H-pyrrole nitrogens is 1. The number of amides is 1. The number of nitrogens with one attached hydrogen (secondary N) is 2. The second-order valence-corrected chi connectivity index (χ2v) is 7.21. The summed E-state index contributed by atoms with van der Waals surface area (Å²) in [4.78, 5) is 42.3. The van der Waals surface area contributed by atoms with Gasteiger partial charge in [0, 0.05) is 12.2 Å². The van der Waals surface area contributed by atoms with Gasteiger partial charge in [-0.1, -0.05) is 32.4 Å². The maximum atomic E-state index is 12.0. The number of carboxylic acid groups (broad SMARTS) is 1. The lowest BCUT2D eigenvalue weighted by atomic mass is 9.99. The molecule has 1 aromatic heterocycles. The summed E-state index contributed by atoms with van der Waals surface area (Å²) in [5.74, 6) is 0.109. The van der Waals surface area contributed by atoms with Gasteiger partial charge in [-0.3, -0.25) is 9.59 Å². The zero-order chi connectivity index (χ0) is 19.1. The second-order valence-electron chi connectivity index (χ2n) is 6.10. The van der Waals surface area contributed by atoms with Crippen molar-refractivity contribution in [2.45, 2.75) is 38.5 Å². The van der Waals surface area contributed by atoms with Crippen LogP contribution < -0.4 is 10.9 Å². The van der Waals surface area contributed by atoms with Crippen molar-refractivity contribution in [2.75, 3.05) is 5.75 Å². The van der Waals surface area contributed by atoms with Gasteiger partial charge in [0.1, 0.15) is 11.9 Å². The van der Waals surface area contributed by atoms with E-state index >= 15 is 0 Å². The molecule has 1 aromatic carbocycles. The first-order valence-electron chi connectivity index (χ1n) is 8.50. The van der Waals surface area contributed by atoms with Crippen LogP contribution in [0.2, 0.25) is 0 Å². The summed E-state index contributed by atoms with van der Waals surface area (Å²) in [7, 11) is 0. The van der Waals surface area contributed by atoms with E-state index in [1.165, 1.54) is 11.8 Å². The number of carbonyl (C=O) groups is 2. The predicted molar refractivity (Wildman–Crippen MR) is 102 cm³/mol. The van der Waals surface area contributed by atoms with Crippen molar-refractivity contribution in [1.82, 2.24) is 15.3 Å². The first-order valence-corrected chi connectivity index (χ1v) is 9.65. The first-order chi connectivity index (χ1) is 12.4. The average Bonchev–Trinajstić information content (AvgIpc) is 2.62. The molecule has 8 heteroatoms. The number of hydrogen-bond acceptors (Lipinski definition) is 5. The highest BCUT2D eigenvalue weighted by Crippen LogP contribution is 2.13. The average molecular weight is 377 g/mol. The minimum atomic E-state index is -1.02. The standard InChI is InChI=1S/C18H23N3O4S/c1-3-11(2)16(18(24)25)21-15(22)8-9-26-10-14-19-13-7-5-4-6-12(13)17(23)20-14/h4-7,11,16H,3,8-10H2,1-2H3,(H,21,22)(H,24,25)(H,19,20,23)/t11-,16-/m0/s1. The summed E-state index contributed by atoms with van der Waals surface area (Å²) in [5.41, 5.74) is 0.462. The third-order valence-corrected chi connectivity index (χ3v) is 5.14. The van der Waals surface area contributed by atoms with E-state index in [0.717, 1.165) is 0 Å². The maximum Gasteiger partial charge on any atom is 0.326 e. The molecule has 2 aromatic rings. The zero-order valence-electron chi connectivity index (χ0n) is 14.8. The molecule has 0 aliphatic heterocycles. The summed E-state index contributed by atoms with van der Waals surface area (Å²) in [5, 5.41) is 12.3. The van der Waals surface area contributed by atoms with Crippen LogP contribution in [0.25, 0.3) is 10.9 Å². The van der Waals surface area contributed by atoms with E-state index in [2.05, 4.69) is 15.3 Å². The molecule has 0 spiro atoms. The van der Waals surface area contributed by atoms with Gasteiger partial charge in [0.05, 0.1) is 16.7 Å². The number of aromatic amines is 1.